The highest BCUT2D eigenvalue weighted by Crippen LogP contribution is 2.12. The van der Waals surface area contributed by atoms with Gasteiger partial charge in [0.15, 0.2) is 6.61 Å². The zero-order valence-corrected chi connectivity index (χ0v) is 17.9. The molecule has 0 bridgehead atoms. The molecule has 1 aromatic rings. The molecular weight excluding hydrogens is 390 g/mol. The van der Waals surface area contributed by atoms with Crippen LogP contribution in [0.15, 0.2) is 29.4 Å². The van der Waals surface area contributed by atoms with Crippen molar-refractivity contribution in [1.82, 2.24) is 10.6 Å². The van der Waals surface area contributed by atoms with E-state index >= 15 is 0 Å². The third-order valence-electron chi connectivity index (χ3n) is 3.74. The maximum Gasteiger partial charge on any atom is 0.258 e. The molecule has 9 nitrogen and oxygen atoms in total. The van der Waals surface area contributed by atoms with Gasteiger partial charge in [0.2, 0.25) is 5.91 Å². The van der Waals surface area contributed by atoms with Crippen LogP contribution in [0, 0.1) is 5.92 Å². The first-order valence-electron chi connectivity index (χ1n) is 10.00. The molecule has 0 saturated carbocycles. The van der Waals surface area contributed by atoms with Gasteiger partial charge in [-0.3, -0.25) is 9.59 Å². The van der Waals surface area contributed by atoms with E-state index in [1.807, 2.05) is 26.0 Å². The number of carbonyl (C=O) groups excluding carboxylic acids is 2. The number of nitrogens with zero attached hydrogens (tertiary/aromatic N) is 1. The number of rotatable bonds is 17. The van der Waals surface area contributed by atoms with Crippen molar-refractivity contribution in [1.29, 1.82) is 0 Å². The predicted octanol–water partition coefficient (Wildman–Crippen LogP) is 1.51. The molecule has 0 fully saturated rings. The summed E-state index contributed by atoms with van der Waals surface area (Å²) in [6.07, 6.45) is 0.339. The highest BCUT2D eigenvalue weighted by atomic mass is 16.6. The van der Waals surface area contributed by atoms with E-state index in [2.05, 4.69) is 22.5 Å². The van der Waals surface area contributed by atoms with E-state index < -0.39 is 0 Å². The smallest absolute Gasteiger partial charge is 0.258 e. The lowest BCUT2D eigenvalue weighted by molar-refractivity contribution is -0.123. The Balaban J connectivity index is 1.96. The predicted molar refractivity (Wildman–Crippen MR) is 113 cm³/mol. The van der Waals surface area contributed by atoms with E-state index in [-0.39, 0.29) is 18.4 Å². The van der Waals surface area contributed by atoms with Crippen molar-refractivity contribution >= 4 is 18.5 Å². The fourth-order valence-electron chi connectivity index (χ4n) is 2.16. The zero-order chi connectivity index (χ0) is 22.0. The summed E-state index contributed by atoms with van der Waals surface area (Å²) in [5.74, 6) is 0.782. The van der Waals surface area contributed by atoms with Crippen LogP contribution in [0.4, 0.5) is 0 Å². The van der Waals surface area contributed by atoms with Gasteiger partial charge in [0.25, 0.3) is 5.91 Å². The molecule has 0 saturated heterocycles. The van der Waals surface area contributed by atoms with Gasteiger partial charge in [0.1, 0.15) is 12.4 Å². The Kier molecular flexibility index (Phi) is 13.7. The van der Waals surface area contributed by atoms with Gasteiger partial charge in [-0.25, -0.2) is 0 Å². The van der Waals surface area contributed by atoms with Gasteiger partial charge in [0.05, 0.1) is 26.4 Å². The van der Waals surface area contributed by atoms with E-state index in [1.54, 1.807) is 12.1 Å². The second kappa shape index (κ2) is 16.2. The van der Waals surface area contributed by atoms with Crippen LogP contribution in [0.3, 0.4) is 0 Å². The van der Waals surface area contributed by atoms with E-state index in [0.717, 1.165) is 5.56 Å². The number of ether oxygens (including phenoxy) is 3. The lowest BCUT2D eigenvalue weighted by atomic mass is 10.2. The Labute approximate surface area is 178 Å². The standard InChI is InChI=1S/C21H33N3O6/c1-17(2)14-24-20(25)8-10-27-12-13-28-11-9-23-21(26)16-29-19-6-4-18(5-7-19)15-30-22-3/h4-7,17H,3,8-16H2,1-2H3,(H,23,26)(H,24,25). The molecule has 0 aliphatic rings. The maximum atomic E-state index is 11.8. The normalized spacial score (nSPS) is 10.5. The van der Waals surface area contributed by atoms with Crippen LogP contribution in [0.1, 0.15) is 25.8 Å². The molecule has 2 N–H and O–H groups in total. The molecular formula is C21H33N3O6. The third-order valence-corrected chi connectivity index (χ3v) is 3.74. The highest BCUT2D eigenvalue weighted by molar-refractivity contribution is 5.77. The quantitative estimate of drug-likeness (QED) is 0.223. The van der Waals surface area contributed by atoms with E-state index in [4.69, 9.17) is 19.0 Å². The van der Waals surface area contributed by atoms with Gasteiger partial charge >= 0.3 is 0 Å². The van der Waals surface area contributed by atoms with Gasteiger partial charge < -0.3 is 29.7 Å². The second-order valence-corrected chi connectivity index (χ2v) is 6.86. The zero-order valence-electron chi connectivity index (χ0n) is 17.9. The summed E-state index contributed by atoms with van der Waals surface area (Å²) < 4.78 is 16.1. The Morgan fingerprint density at radius 3 is 2.37 bits per heavy atom. The maximum absolute atomic E-state index is 11.8. The molecule has 30 heavy (non-hydrogen) atoms. The first-order valence-corrected chi connectivity index (χ1v) is 10.00. The van der Waals surface area contributed by atoms with Crippen molar-refractivity contribution in [2.24, 2.45) is 11.1 Å². The minimum absolute atomic E-state index is 0.00972. The van der Waals surface area contributed by atoms with Crippen molar-refractivity contribution in [2.75, 3.05) is 46.1 Å². The summed E-state index contributed by atoms with van der Waals surface area (Å²) >= 11 is 0. The highest BCUT2D eigenvalue weighted by Gasteiger charge is 2.04. The minimum atomic E-state index is -0.231. The summed E-state index contributed by atoms with van der Waals surface area (Å²) in [4.78, 5) is 28.1. The van der Waals surface area contributed by atoms with Gasteiger partial charge in [-0.15, -0.1) is 5.16 Å². The first kappa shape index (κ1) is 25.4. The van der Waals surface area contributed by atoms with Crippen molar-refractivity contribution in [3.63, 3.8) is 0 Å². The molecule has 0 atom stereocenters. The lowest BCUT2D eigenvalue weighted by Gasteiger charge is -2.09. The average Bonchev–Trinajstić information content (AvgIpc) is 2.74. The topological polar surface area (TPSA) is 107 Å². The number of hydrogen-bond donors (Lipinski definition) is 2. The van der Waals surface area contributed by atoms with E-state index in [9.17, 15) is 9.59 Å². The molecule has 0 unspecified atom stereocenters. The SMILES string of the molecule is C=NOCc1ccc(OCC(=O)NCCOCCOCCC(=O)NCC(C)C)cc1. The summed E-state index contributed by atoms with van der Waals surface area (Å²) in [6.45, 7) is 10.2. The molecule has 1 rings (SSSR count). The van der Waals surface area contributed by atoms with Crippen molar-refractivity contribution < 1.29 is 28.6 Å². The molecule has 9 heteroatoms. The van der Waals surface area contributed by atoms with Crippen LogP contribution in [0.5, 0.6) is 5.75 Å². The molecule has 0 aliphatic heterocycles. The largest absolute Gasteiger partial charge is 0.484 e. The molecule has 0 aromatic heterocycles. The number of benzene rings is 1. The molecule has 168 valence electrons. The van der Waals surface area contributed by atoms with Crippen molar-refractivity contribution in [3.8, 4) is 5.75 Å². The Hall–Kier alpha value is -2.65. The minimum Gasteiger partial charge on any atom is -0.484 e. The van der Waals surface area contributed by atoms with Crippen LogP contribution in [-0.4, -0.2) is 64.7 Å². The van der Waals surface area contributed by atoms with Gasteiger partial charge in [-0.05, 0) is 23.6 Å². The molecule has 0 radical (unpaired) electrons. The molecule has 1 aromatic carbocycles. The molecule has 2 amide bonds. The van der Waals surface area contributed by atoms with E-state index in [0.29, 0.717) is 64.2 Å². The van der Waals surface area contributed by atoms with Gasteiger partial charge in [-0.1, -0.05) is 26.0 Å². The van der Waals surface area contributed by atoms with Crippen LogP contribution in [-0.2, 0) is 30.5 Å². The Morgan fingerprint density at radius 2 is 1.70 bits per heavy atom. The number of amides is 2. The van der Waals surface area contributed by atoms with Crippen molar-refractivity contribution in [3.05, 3.63) is 29.8 Å². The average molecular weight is 424 g/mol. The monoisotopic (exact) mass is 423 g/mol. The summed E-state index contributed by atoms with van der Waals surface area (Å²) in [6, 6.07) is 7.16. The lowest BCUT2D eigenvalue weighted by Crippen LogP contribution is -2.32. The van der Waals surface area contributed by atoms with E-state index in [1.165, 1.54) is 0 Å². The second-order valence-electron chi connectivity index (χ2n) is 6.86. The number of nitrogens with one attached hydrogen (secondary N) is 2. The van der Waals surface area contributed by atoms with Gasteiger partial charge in [0, 0.05) is 26.2 Å². The number of oxime groups is 1. The fourth-order valence-corrected chi connectivity index (χ4v) is 2.16. The third kappa shape index (κ3) is 13.5. The van der Waals surface area contributed by atoms with Crippen LogP contribution in [0.25, 0.3) is 0 Å². The fraction of sp³-hybridized carbons (Fsp3) is 0.571. The summed E-state index contributed by atoms with van der Waals surface area (Å²) in [7, 11) is 0. The molecule has 0 spiro atoms. The van der Waals surface area contributed by atoms with Gasteiger partial charge in [-0.2, -0.15) is 0 Å². The molecule has 0 aliphatic carbocycles. The number of hydrogen-bond acceptors (Lipinski definition) is 7. The number of carbonyl (C=O) groups is 2. The summed E-state index contributed by atoms with van der Waals surface area (Å²) in [5.41, 5.74) is 0.926. The van der Waals surface area contributed by atoms with Crippen LogP contribution < -0.4 is 15.4 Å². The Morgan fingerprint density at radius 1 is 1.00 bits per heavy atom. The summed E-state index contributed by atoms with van der Waals surface area (Å²) in [5, 5.41) is 8.87. The molecule has 0 heterocycles. The first-order chi connectivity index (χ1) is 14.5. The Bertz CT molecular complexity index is 622. The van der Waals surface area contributed by atoms with Crippen LogP contribution >= 0.6 is 0 Å². The van der Waals surface area contributed by atoms with Crippen molar-refractivity contribution in [2.45, 2.75) is 26.9 Å². The van der Waals surface area contributed by atoms with Crippen LogP contribution in [0.2, 0.25) is 0 Å².